The summed E-state index contributed by atoms with van der Waals surface area (Å²) in [5.41, 5.74) is 0.678. The van der Waals surface area contributed by atoms with Crippen LogP contribution in [0.1, 0.15) is 12.0 Å². The second kappa shape index (κ2) is 7.30. The van der Waals surface area contributed by atoms with Gasteiger partial charge in [-0.1, -0.05) is 0 Å². The largest absolute Gasteiger partial charge is 0.385 e. The number of ether oxygens (including phenoxy) is 1. The van der Waals surface area contributed by atoms with Crippen LogP contribution in [0, 0.1) is 11.6 Å². The lowest BCUT2D eigenvalue weighted by molar-refractivity contribution is 0.194. The molecule has 0 aliphatic carbocycles. The molecule has 0 fully saturated rings. The summed E-state index contributed by atoms with van der Waals surface area (Å²) in [5, 5.41) is 3.18. The van der Waals surface area contributed by atoms with E-state index in [9.17, 15) is 8.78 Å². The fourth-order valence-corrected chi connectivity index (χ4v) is 1.45. The predicted molar refractivity (Wildman–Crippen MR) is 59.4 cm³/mol. The first-order valence-corrected chi connectivity index (χ1v) is 5.37. The standard InChI is InChI=1S/C12H17F2NO/c1-16-6-2-4-15-5-3-10-7-11(13)9-12(14)8-10/h7-9,15H,2-6H2,1H3. The molecule has 0 aliphatic heterocycles. The van der Waals surface area contributed by atoms with Gasteiger partial charge in [-0.15, -0.1) is 0 Å². The number of methoxy groups -OCH3 is 1. The average Bonchev–Trinajstić information content (AvgIpc) is 2.22. The number of halogens is 2. The smallest absolute Gasteiger partial charge is 0.126 e. The highest BCUT2D eigenvalue weighted by atomic mass is 19.1. The van der Waals surface area contributed by atoms with Crippen molar-refractivity contribution < 1.29 is 13.5 Å². The minimum absolute atomic E-state index is 0.519. The van der Waals surface area contributed by atoms with E-state index in [4.69, 9.17) is 4.74 Å². The Bertz CT molecular complexity index is 298. The van der Waals surface area contributed by atoms with Gasteiger partial charge in [0.15, 0.2) is 0 Å². The van der Waals surface area contributed by atoms with E-state index in [1.54, 1.807) is 7.11 Å². The van der Waals surface area contributed by atoms with Crippen molar-refractivity contribution in [3.8, 4) is 0 Å². The monoisotopic (exact) mass is 229 g/mol. The summed E-state index contributed by atoms with van der Waals surface area (Å²) in [5.74, 6) is -1.04. The highest BCUT2D eigenvalue weighted by Gasteiger charge is 2.00. The Morgan fingerprint density at radius 1 is 1.12 bits per heavy atom. The molecule has 0 unspecified atom stereocenters. The lowest BCUT2D eigenvalue weighted by atomic mass is 10.1. The van der Waals surface area contributed by atoms with Crippen molar-refractivity contribution in [2.45, 2.75) is 12.8 Å². The topological polar surface area (TPSA) is 21.3 Å². The molecule has 1 rings (SSSR count). The van der Waals surface area contributed by atoms with Crippen molar-refractivity contribution in [2.24, 2.45) is 0 Å². The molecule has 0 atom stereocenters. The summed E-state index contributed by atoms with van der Waals surface area (Å²) in [6.45, 7) is 2.29. The van der Waals surface area contributed by atoms with Crippen LogP contribution in [0.25, 0.3) is 0 Å². The lowest BCUT2D eigenvalue weighted by Crippen LogP contribution is -2.19. The summed E-state index contributed by atoms with van der Waals surface area (Å²) >= 11 is 0. The van der Waals surface area contributed by atoms with Gasteiger partial charge < -0.3 is 10.1 Å². The molecular weight excluding hydrogens is 212 g/mol. The summed E-state index contributed by atoms with van der Waals surface area (Å²) in [6, 6.07) is 3.61. The molecule has 1 aromatic carbocycles. The molecule has 0 bridgehead atoms. The van der Waals surface area contributed by atoms with Crippen LogP contribution in [0.3, 0.4) is 0 Å². The van der Waals surface area contributed by atoms with Gasteiger partial charge in [-0.25, -0.2) is 8.78 Å². The van der Waals surface area contributed by atoms with Gasteiger partial charge in [0.1, 0.15) is 11.6 Å². The van der Waals surface area contributed by atoms with Gasteiger partial charge in [0.2, 0.25) is 0 Å². The molecule has 0 saturated heterocycles. The maximum atomic E-state index is 12.8. The zero-order valence-electron chi connectivity index (χ0n) is 9.43. The first-order chi connectivity index (χ1) is 7.72. The van der Waals surface area contributed by atoms with E-state index in [0.29, 0.717) is 18.5 Å². The zero-order valence-corrected chi connectivity index (χ0v) is 9.43. The minimum Gasteiger partial charge on any atom is -0.385 e. The van der Waals surface area contributed by atoms with Crippen molar-refractivity contribution >= 4 is 0 Å². The van der Waals surface area contributed by atoms with E-state index < -0.39 is 11.6 Å². The van der Waals surface area contributed by atoms with E-state index in [2.05, 4.69) is 5.32 Å². The number of benzene rings is 1. The molecule has 0 aromatic heterocycles. The van der Waals surface area contributed by atoms with Gasteiger partial charge in [-0.05, 0) is 43.6 Å². The second-order valence-electron chi connectivity index (χ2n) is 3.62. The molecule has 0 saturated carbocycles. The van der Waals surface area contributed by atoms with E-state index >= 15 is 0 Å². The molecule has 0 amide bonds. The first kappa shape index (κ1) is 13.1. The molecule has 2 nitrogen and oxygen atoms in total. The van der Waals surface area contributed by atoms with Crippen molar-refractivity contribution in [2.75, 3.05) is 26.8 Å². The molecule has 0 aliphatic rings. The van der Waals surface area contributed by atoms with Gasteiger partial charge in [0.05, 0.1) is 0 Å². The van der Waals surface area contributed by atoms with E-state index in [1.807, 2.05) is 0 Å². The molecule has 0 heterocycles. The number of rotatable bonds is 7. The van der Waals surface area contributed by atoms with Crippen molar-refractivity contribution in [3.63, 3.8) is 0 Å². The Kier molecular flexibility index (Phi) is 5.96. The summed E-state index contributed by atoms with van der Waals surface area (Å²) < 4.78 is 30.6. The Morgan fingerprint density at radius 2 is 1.81 bits per heavy atom. The summed E-state index contributed by atoms with van der Waals surface area (Å²) in [7, 11) is 1.66. The molecule has 0 radical (unpaired) electrons. The molecule has 1 N–H and O–H groups in total. The maximum Gasteiger partial charge on any atom is 0.126 e. The molecule has 1 aromatic rings. The van der Waals surface area contributed by atoms with Crippen LogP contribution in [0.5, 0.6) is 0 Å². The highest BCUT2D eigenvalue weighted by molar-refractivity contribution is 5.18. The lowest BCUT2D eigenvalue weighted by Gasteiger charge is -2.05. The van der Waals surface area contributed by atoms with Gasteiger partial charge in [0, 0.05) is 19.8 Å². The van der Waals surface area contributed by atoms with Crippen molar-refractivity contribution in [3.05, 3.63) is 35.4 Å². The Morgan fingerprint density at radius 3 is 2.44 bits per heavy atom. The van der Waals surface area contributed by atoms with Crippen molar-refractivity contribution in [1.82, 2.24) is 5.32 Å². The molecule has 4 heteroatoms. The minimum atomic E-state index is -0.519. The number of nitrogens with one attached hydrogen (secondary N) is 1. The third-order valence-electron chi connectivity index (χ3n) is 2.21. The maximum absolute atomic E-state index is 12.8. The van der Waals surface area contributed by atoms with E-state index in [0.717, 1.165) is 25.6 Å². The van der Waals surface area contributed by atoms with E-state index in [-0.39, 0.29) is 0 Å². The average molecular weight is 229 g/mol. The van der Waals surface area contributed by atoms with Crippen LogP contribution < -0.4 is 5.32 Å². The fourth-order valence-electron chi connectivity index (χ4n) is 1.45. The molecule has 0 spiro atoms. The summed E-state index contributed by atoms with van der Waals surface area (Å²) in [6.07, 6.45) is 1.57. The van der Waals surface area contributed by atoms with Crippen LogP contribution in [0.2, 0.25) is 0 Å². The van der Waals surface area contributed by atoms with Crippen LogP contribution in [-0.2, 0) is 11.2 Å². The fraction of sp³-hybridized carbons (Fsp3) is 0.500. The molecular formula is C12H17F2NO. The Hall–Kier alpha value is -1.00. The van der Waals surface area contributed by atoms with Crippen LogP contribution in [0.4, 0.5) is 8.78 Å². The van der Waals surface area contributed by atoms with Crippen LogP contribution in [0.15, 0.2) is 18.2 Å². The zero-order chi connectivity index (χ0) is 11.8. The van der Waals surface area contributed by atoms with Crippen molar-refractivity contribution in [1.29, 1.82) is 0 Å². The Balaban J connectivity index is 2.21. The van der Waals surface area contributed by atoms with Gasteiger partial charge in [-0.3, -0.25) is 0 Å². The predicted octanol–water partition coefficient (Wildman–Crippen LogP) is 2.13. The quantitative estimate of drug-likeness (QED) is 0.723. The van der Waals surface area contributed by atoms with E-state index in [1.165, 1.54) is 12.1 Å². The molecule has 16 heavy (non-hydrogen) atoms. The van der Waals surface area contributed by atoms with Gasteiger partial charge >= 0.3 is 0 Å². The highest BCUT2D eigenvalue weighted by Crippen LogP contribution is 2.07. The number of hydrogen-bond donors (Lipinski definition) is 1. The SMILES string of the molecule is COCCCNCCc1cc(F)cc(F)c1. The van der Waals surface area contributed by atoms with Gasteiger partial charge in [0.25, 0.3) is 0 Å². The normalized spacial score (nSPS) is 10.7. The third kappa shape index (κ3) is 5.19. The first-order valence-electron chi connectivity index (χ1n) is 5.37. The molecule has 90 valence electrons. The van der Waals surface area contributed by atoms with Crippen LogP contribution in [-0.4, -0.2) is 26.8 Å². The third-order valence-corrected chi connectivity index (χ3v) is 2.21. The number of hydrogen-bond acceptors (Lipinski definition) is 2. The Labute approximate surface area is 94.6 Å². The summed E-state index contributed by atoms with van der Waals surface area (Å²) in [4.78, 5) is 0. The second-order valence-corrected chi connectivity index (χ2v) is 3.62. The van der Waals surface area contributed by atoms with Gasteiger partial charge in [-0.2, -0.15) is 0 Å². The van der Waals surface area contributed by atoms with Crippen LogP contribution >= 0.6 is 0 Å².